The second kappa shape index (κ2) is 12.2. The van der Waals surface area contributed by atoms with E-state index in [4.69, 9.17) is 14.2 Å². The summed E-state index contributed by atoms with van der Waals surface area (Å²) in [6.07, 6.45) is 15.2. The maximum Gasteiger partial charge on any atom is 0.410 e. The molecule has 1 amide bonds. The Morgan fingerprint density at radius 3 is 2.55 bits per heavy atom. The minimum Gasteiger partial charge on any atom is -0.459 e. The smallest absolute Gasteiger partial charge is 0.410 e. The zero-order chi connectivity index (χ0) is 30.5. The summed E-state index contributed by atoms with van der Waals surface area (Å²) in [6.45, 7) is 9.43. The average molecular weight is 613 g/mol. The summed E-state index contributed by atoms with van der Waals surface area (Å²) in [6, 6.07) is 0. The molecular formula is C36H56N2O6. The Kier molecular flexibility index (Phi) is 8.56. The van der Waals surface area contributed by atoms with Crippen LogP contribution < -0.4 is 0 Å². The molecule has 0 aromatic carbocycles. The maximum atomic E-state index is 13.4. The van der Waals surface area contributed by atoms with Gasteiger partial charge in [0.2, 0.25) is 0 Å². The van der Waals surface area contributed by atoms with E-state index in [-0.39, 0.29) is 29.0 Å². The molecule has 0 bridgehead atoms. The van der Waals surface area contributed by atoms with Crippen LogP contribution in [0.25, 0.3) is 0 Å². The number of Topliss-reactive ketones (excluding diaryl/α,β-unsaturated/α-hetero) is 1. The molecule has 0 aromatic rings. The molecule has 2 heterocycles. The van der Waals surface area contributed by atoms with Crippen LogP contribution >= 0.6 is 0 Å². The average Bonchev–Trinajstić information content (AvgIpc) is 3.71. The predicted molar refractivity (Wildman–Crippen MR) is 166 cm³/mol. The summed E-state index contributed by atoms with van der Waals surface area (Å²) in [7, 11) is 0. The quantitative estimate of drug-likeness (QED) is 0.311. The third kappa shape index (κ3) is 5.73. The van der Waals surface area contributed by atoms with E-state index in [0.717, 1.165) is 58.0 Å². The van der Waals surface area contributed by atoms with Gasteiger partial charge in [-0.05, 0) is 92.8 Å². The number of amides is 1. The number of morpholine rings is 1. The Morgan fingerprint density at radius 1 is 0.955 bits per heavy atom. The lowest BCUT2D eigenvalue weighted by molar-refractivity contribution is -0.151. The number of ether oxygens (including phenoxy) is 3. The highest BCUT2D eigenvalue weighted by Crippen LogP contribution is 2.66. The standard InChI is InChI=1S/C36H56N2O6/c1-34-15-16-36(21-26(34)8-9-28-29-10-11-31(39)35(29,2)14-13-30(28)34)24-38(33(41)44-36)23-27(22-37-17-19-42-20-18-37)43-32(40)12-7-25-5-3-4-6-25/h25-30H,3-24H2,1-2H3/t26-,27?,28-,29-,30-,34-,35-,36+/m0/s1. The minimum absolute atomic E-state index is 0.0839. The Hall–Kier alpha value is -1.67. The number of carbonyl (C=O) groups is 3. The molecule has 7 fully saturated rings. The largest absolute Gasteiger partial charge is 0.459 e. The summed E-state index contributed by atoms with van der Waals surface area (Å²) >= 11 is 0. The first-order chi connectivity index (χ1) is 21.2. The van der Waals surface area contributed by atoms with Gasteiger partial charge in [-0.2, -0.15) is 0 Å². The lowest BCUT2D eigenvalue weighted by Crippen LogP contribution is -2.56. The fourth-order valence-corrected chi connectivity index (χ4v) is 11.5. The van der Waals surface area contributed by atoms with E-state index in [2.05, 4.69) is 18.7 Å². The summed E-state index contributed by atoms with van der Waals surface area (Å²) in [5, 5.41) is 0. The van der Waals surface area contributed by atoms with Gasteiger partial charge in [0.05, 0.1) is 26.3 Å². The molecule has 1 spiro atoms. The molecule has 2 aliphatic heterocycles. The van der Waals surface area contributed by atoms with Crippen LogP contribution in [0.5, 0.6) is 0 Å². The SMILES string of the molecule is C[C@]12CC[C@@]3(C[C@@H]1CC[C@@H]1[C@@H]2CC[C@]2(C)C(=O)CC[C@@H]12)CN(CC(CN1CCOCC1)OC(=O)CCC1CCCC1)C(=O)O3. The van der Waals surface area contributed by atoms with Crippen LogP contribution in [-0.4, -0.2) is 85.3 Å². The predicted octanol–water partition coefficient (Wildman–Crippen LogP) is 6.00. The Balaban J connectivity index is 0.992. The molecule has 5 aliphatic carbocycles. The first-order valence-corrected chi connectivity index (χ1v) is 18.2. The van der Waals surface area contributed by atoms with Crippen molar-refractivity contribution in [2.24, 2.45) is 40.4 Å². The lowest BCUT2D eigenvalue weighted by Gasteiger charge is -2.61. The number of fused-ring (bicyclic) bond motifs is 5. The van der Waals surface area contributed by atoms with E-state index in [0.29, 0.717) is 74.6 Å². The number of esters is 1. The van der Waals surface area contributed by atoms with Crippen LogP contribution in [0.2, 0.25) is 0 Å². The van der Waals surface area contributed by atoms with E-state index < -0.39 is 5.60 Å². The van der Waals surface area contributed by atoms with Crippen molar-refractivity contribution < 1.29 is 28.6 Å². The van der Waals surface area contributed by atoms with Crippen molar-refractivity contribution in [1.29, 1.82) is 0 Å². The van der Waals surface area contributed by atoms with Crippen LogP contribution in [0.1, 0.15) is 110 Å². The maximum absolute atomic E-state index is 13.4. The molecule has 5 saturated carbocycles. The monoisotopic (exact) mass is 612 g/mol. The van der Waals surface area contributed by atoms with Gasteiger partial charge in [0.15, 0.2) is 0 Å². The van der Waals surface area contributed by atoms with Crippen LogP contribution in [0, 0.1) is 40.4 Å². The third-order valence-corrected chi connectivity index (χ3v) is 14.1. The highest BCUT2D eigenvalue weighted by Gasteiger charge is 2.63. The molecule has 1 unspecified atom stereocenters. The first kappa shape index (κ1) is 31.0. The van der Waals surface area contributed by atoms with E-state index in [1.165, 1.54) is 44.9 Å². The van der Waals surface area contributed by atoms with Gasteiger partial charge in [-0.15, -0.1) is 0 Å². The topological polar surface area (TPSA) is 85.4 Å². The van der Waals surface area contributed by atoms with Crippen LogP contribution in [0.4, 0.5) is 4.79 Å². The number of rotatable bonds is 8. The van der Waals surface area contributed by atoms with Gasteiger partial charge in [0, 0.05) is 37.9 Å². The first-order valence-electron chi connectivity index (χ1n) is 18.2. The van der Waals surface area contributed by atoms with E-state index in [1.54, 1.807) is 0 Å². The second-order valence-electron chi connectivity index (χ2n) is 16.4. The second-order valence-corrected chi connectivity index (χ2v) is 16.4. The molecule has 44 heavy (non-hydrogen) atoms. The van der Waals surface area contributed by atoms with Gasteiger partial charge in [-0.3, -0.25) is 14.5 Å². The normalized spacial score (nSPS) is 41.7. The number of nitrogens with zero attached hydrogens (tertiary/aromatic N) is 2. The third-order valence-electron chi connectivity index (χ3n) is 14.1. The fourth-order valence-electron chi connectivity index (χ4n) is 11.5. The van der Waals surface area contributed by atoms with Crippen molar-refractivity contribution in [2.45, 2.75) is 122 Å². The Labute approximate surface area is 264 Å². The van der Waals surface area contributed by atoms with Gasteiger partial charge in [-0.1, -0.05) is 39.5 Å². The zero-order valence-corrected chi connectivity index (χ0v) is 27.4. The summed E-state index contributed by atoms with van der Waals surface area (Å²) < 4.78 is 18.0. The molecule has 8 nitrogen and oxygen atoms in total. The summed E-state index contributed by atoms with van der Waals surface area (Å²) in [5.74, 6) is 3.49. The molecule has 0 N–H and O–H groups in total. The number of hydrogen-bond acceptors (Lipinski definition) is 7. The molecular weight excluding hydrogens is 556 g/mol. The summed E-state index contributed by atoms with van der Waals surface area (Å²) in [5.41, 5.74) is -0.259. The highest BCUT2D eigenvalue weighted by atomic mass is 16.6. The summed E-state index contributed by atoms with van der Waals surface area (Å²) in [4.78, 5) is 43.4. The van der Waals surface area contributed by atoms with Crippen molar-refractivity contribution >= 4 is 17.8 Å². The van der Waals surface area contributed by atoms with E-state index in [1.807, 2.05) is 4.90 Å². The van der Waals surface area contributed by atoms with Crippen molar-refractivity contribution in [3.8, 4) is 0 Å². The molecule has 0 aromatic heterocycles. The van der Waals surface area contributed by atoms with Gasteiger partial charge >= 0.3 is 12.1 Å². The van der Waals surface area contributed by atoms with Crippen molar-refractivity contribution in [1.82, 2.24) is 9.80 Å². The van der Waals surface area contributed by atoms with Crippen LogP contribution in [0.15, 0.2) is 0 Å². The van der Waals surface area contributed by atoms with Crippen LogP contribution in [0.3, 0.4) is 0 Å². The van der Waals surface area contributed by atoms with Crippen LogP contribution in [-0.2, 0) is 23.8 Å². The molecule has 246 valence electrons. The molecule has 0 radical (unpaired) electrons. The fraction of sp³-hybridized carbons (Fsp3) is 0.917. The van der Waals surface area contributed by atoms with Gasteiger partial charge in [0.25, 0.3) is 0 Å². The molecule has 7 rings (SSSR count). The van der Waals surface area contributed by atoms with Crippen molar-refractivity contribution in [3.05, 3.63) is 0 Å². The molecule has 7 aliphatic rings. The number of carbonyl (C=O) groups excluding carboxylic acids is 3. The Bertz CT molecular complexity index is 1100. The van der Waals surface area contributed by atoms with Crippen molar-refractivity contribution in [2.75, 3.05) is 45.9 Å². The van der Waals surface area contributed by atoms with Crippen molar-refractivity contribution in [3.63, 3.8) is 0 Å². The van der Waals surface area contributed by atoms with E-state index in [9.17, 15) is 14.4 Å². The molecule has 2 saturated heterocycles. The van der Waals surface area contributed by atoms with Gasteiger partial charge in [-0.25, -0.2) is 4.79 Å². The zero-order valence-electron chi connectivity index (χ0n) is 27.4. The molecule has 8 heteroatoms. The minimum atomic E-state index is -0.434. The number of ketones is 1. The Morgan fingerprint density at radius 2 is 1.75 bits per heavy atom. The highest BCUT2D eigenvalue weighted by molar-refractivity contribution is 5.87. The van der Waals surface area contributed by atoms with Gasteiger partial charge in [0.1, 0.15) is 17.5 Å². The lowest BCUT2D eigenvalue weighted by atomic mass is 9.44. The molecule has 8 atom stereocenters. The number of hydrogen-bond donors (Lipinski definition) is 0. The van der Waals surface area contributed by atoms with Gasteiger partial charge < -0.3 is 19.1 Å². The van der Waals surface area contributed by atoms with E-state index >= 15 is 0 Å².